The normalized spacial score (nSPS) is 17.9. The molecule has 1 atom stereocenters. The number of pyridine rings is 1. The van der Waals surface area contributed by atoms with E-state index in [0.29, 0.717) is 6.54 Å². The van der Waals surface area contributed by atoms with Crippen LogP contribution in [0.5, 0.6) is 5.75 Å². The van der Waals surface area contributed by atoms with Gasteiger partial charge < -0.3 is 10.1 Å². The molecule has 1 aromatic heterocycles. The van der Waals surface area contributed by atoms with Crippen LogP contribution in [0.2, 0.25) is 0 Å². The number of carbonyl (C=O) groups is 1. The number of benzene rings is 1. The summed E-state index contributed by atoms with van der Waals surface area (Å²) >= 11 is 0. The van der Waals surface area contributed by atoms with Gasteiger partial charge in [-0.2, -0.15) is 0 Å². The molecule has 1 aliphatic rings. The lowest BCUT2D eigenvalue weighted by Crippen LogP contribution is -2.39. The van der Waals surface area contributed by atoms with Crippen LogP contribution >= 0.6 is 0 Å². The number of ether oxygens (including phenoxy) is 1. The smallest absolute Gasteiger partial charge is 0.241 e. The highest BCUT2D eigenvalue weighted by Crippen LogP contribution is 2.22. The van der Waals surface area contributed by atoms with Gasteiger partial charge in [-0.05, 0) is 55.8 Å². The molecule has 5 heteroatoms. The van der Waals surface area contributed by atoms with Gasteiger partial charge in [0.2, 0.25) is 5.91 Å². The van der Waals surface area contributed by atoms with E-state index in [4.69, 9.17) is 4.74 Å². The standard InChI is InChI=1S/C18H21N3O2/c1-23-16-9-7-14(8-10-16)20-18(22)17-6-4-12-21(17)13-15-5-2-3-11-19-15/h2-3,5,7-11,17H,4,6,12-13H2,1H3,(H,20,22)/t17-/m1/s1. The lowest BCUT2D eigenvalue weighted by Gasteiger charge is -2.23. The Morgan fingerprint density at radius 1 is 1.30 bits per heavy atom. The highest BCUT2D eigenvalue weighted by molar-refractivity contribution is 5.95. The first kappa shape index (κ1) is 15.5. The van der Waals surface area contributed by atoms with Crippen LogP contribution in [-0.2, 0) is 11.3 Å². The van der Waals surface area contributed by atoms with E-state index < -0.39 is 0 Å². The Bertz CT molecular complexity index is 643. The summed E-state index contributed by atoms with van der Waals surface area (Å²) in [6, 6.07) is 13.2. The molecular weight excluding hydrogens is 290 g/mol. The molecule has 0 unspecified atom stereocenters. The number of anilines is 1. The predicted octanol–water partition coefficient (Wildman–Crippen LogP) is 2.69. The molecule has 3 rings (SSSR count). The van der Waals surface area contributed by atoms with Gasteiger partial charge in [0.1, 0.15) is 5.75 Å². The van der Waals surface area contributed by atoms with Crippen molar-refractivity contribution in [2.24, 2.45) is 0 Å². The lowest BCUT2D eigenvalue weighted by atomic mass is 10.2. The van der Waals surface area contributed by atoms with Crippen LogP contribution in [-0.4, -0.2) is 35.5 Å². The third kappa shape index (κ3) is 3.87. The van der Waals surface area contributed by atoms with Gasteiger partial charge in [-0.3, -0.25) is 14.7 Å². The summed E-state index contributed by atoms with van der Waals surface area (Å²) in [4.78, 5) is 19.1. The largest absolute Gasteiger partial charge is 0.497 e. The van der Waals surface area contributed by atoms with E-state index in [1.54, 1.807) is 13.3 Å². The number of nitrogens with zero attached hydrogens (tertiary/aromatic N) is 2. The average molecular weight is 311 g/mol. The molecule has 2 aromatic rings. The number of hydrogen-bond donors (Lipinski definition) is 1. The van der Waals surface area contributed by atoms with Crippen molar-refractivity contribution >= 4 is 11.6 Å². The zero-order valence-corrected chi connectivity index (χ0v) is 13.2. The lowest BCUT2D eigenvalue weighted by molar-refractivity contribution is -0.120. The van der Waals surface area contributed by atoms with Crippen molar-refractivity contribution in [3.63, 3.8) is 0 Å². The molecule has 0 radical (unpaired) electrons. The van der Waals surface area contributed by atoms with Crippen molar-refractivity contribution < 1.29 is 9.53 Å². The second-order valence-electron chi connectivity index (χ2n) is 5.67. The summed E-state index contributed by atoms with van der Waals surface area (Å²) in [5.74, 6) is 0.823. The minimum absolute atomic E-state index is 0.0450. The van der Waals surface area contributed by atoms with Crippen molar-refractivity contribution in [3.8, 4) is 5.75 Å². The molecule has 1 amide bonds. The van der Waals surface area contributed by atoms with Gasteiger partial charge in [0.25, 0.3) is 0 Å². The second-order valence-corrected chi connectivity index (χ2v) is 5.67. The molecule has 0 saturated carbocycles. The summed E-state index contributed by atoms with van der Waals surface area (Å²) in [7, 11) is 1.63. The van der Waals surface area contributed by atoms with E-state index in [0.717, 1.165) is 36.5 Å². The summed E-state index contributed by atoms with van der Waals surface area (Å²) in [6.45, 7) is 1.64. The van der Waals surface area contributed by atoms with Crippen molar-refractivity contribution in [3.05, 3.63) is 54.4 Å². The van der Waals surface area contributed by atoms with E-state index in [1.807, 2.05) is 42.5 Å². The second kappa shape index (κ2) is 7.24. The van der Waals surface area contributed by atoms with Crippen LogP contribution in [0.4, 0.5) is 5.69 Å². The van der Waals surface area contributed by atoms with Crippen LogP contribution in [0.25, 0.3) is 0 Å². The Hall–Kier alpha value is -2.40. The van der Waals surface area contributed by atoms with Gasteiger partial charge in [0, 0.05) is 18.4 Å². The molecule has 120 valence electrons. The van der Waals surface area contributed by atoms with E-state index in [2.05, 4.69) is 15.2 Å². The van der Waals surface area contributed by atoms with Gasteiger partial charge in [-0.25, -0.2) is 0 Å². The van der Waals surface area contributed by atoms with Crippen LogP contribution in [0, 0.1) is 0 Å². The Balaban J connectivity index is 1.63. The number of methoxy groups -OCH3 is 1. The molecule has 1 N–H and O–H groups in total. The highest BCUT2D eigenvalue weighted by Gasteiger charge is 2.30. The quantitative estimate of drug-likeness (QED) is 0.922. The number of amides is 1. The summed E-state index contributed by atoms with van der Waals surface area (Å²) < 4.78 is 5.13. The van der Waals surface area contributed by atoms with Crippen LogP contribution < -0.4 is 10.1 Å². The Kier molecular flexibility index (Phi) is 4.88. The average Bonchev–Trinajstić information content (AvgIpc) is 3.05. The topological polar surface area (TPSA) is 54.5 Å². The number of nitrogens with one attached hydrogen (secondary N) is 1. The molecule has 0 bridgehead atoms. The van der Waals surface area contributed by atoms with Crippen molar-refractivity contribution in [2.45, 2.75) is 25.4 Å². The van der Waals surface area contributed by atoms with E-state index in [9.17, 15) is 4.79 Å². The van der Waals surface area contributed by atoms with Gasteiger partial charge in [0.05, 0.1) is 18.8 Å². The zero-order valence-electron chi connectivity index (χ0n) is 13.2. The summed E-state index contributed by atoms with van der Waals surface area (Å²) in [5, 5.41) is 2.99. The fourth-order valence-corrected chi connectivity index (χ4v) is 2.91. The van der Waals surface area contributed by atoms with Gasteiger partial charge in [-0.1, -0.05) is 6.07 Å². The Morgan fingerprint density at radius 3 is 2.83 bits per heavy atom. The molecule has 0 aliphatic carbocycles. The maximum atomic E-state index is 12.6. The predicted molar refractivity (Wildman–Crippen MR) is 89.3 cm³/mol. The number of carbonyl (C=O) groups excluding carboxylic acids is 1. The van der Waals surface area contributed by atoms with Crippen LogP contribution in [0.1, 0.15) is 18.5 Å². The fraction of sp³-hybridized carbons (Fsp3) is 0.333. The zero-order chi connectivity index (χ0) is 16.1. The van der Waals surface area contributed by atoms with Gasteiger partial charge >= 0.3 is 0 Å². The molecule has 1 aromatic carbocycles. The fourth-order valence-electron chi connectivity index (χ4n) is 2.91. The van der Waals surface area contributed by atoms with Crippen LogP contribution in [0.15, 0.2) is 48.7 Å². The highest BCUT2D eigenvalue weighted by atomic mass is 16.5. The minimum atomic E-state index is -0.0980. The third-order valence-corrected chi connectivity index (χ3v) is 4.12. The maximum absolute atomic E-state index is 12.6. The van der Waals surface area contributed by atoms with Gasteiger partial charge in [0.15, 0.2) is 0 Å². The van der Waals surface area contributed by atoms with Crippen LogP contribution in [0.3, 0.4) is 0 Å². The first-order chi connectivity index (χ1) is 11.3. The number of hydrogen-bond acceptors (Lipinski definition) is 4. The molecule has 23 heavy (non-hydrogen) atoms. The Morgan fingerprint density at radius 2 is 2.13 bits per heavy atom. The Labute approximate surface area is 136 Å². The maximum Gasteiger partial charge on any atom is 0.241 e. The monoisotopic (exact) mass is 311 g/mol. The van der Waals surface area contributed by atoms with Gasteiger partial charge in [-0.15, -0.1) is 0 Å². The van der Waals surface area contributed by atoms with Crippen molar-refractivity contribution in [2.75, 3.05) is 19.0 Å². The van der Waals surface area contributed by atoms with E-state index >= 15 is 0 Å². The molecule has 1 fully saturated rings. The first-order valence-electron chi connectivity index (χ1n) is 7.85. The molecule has 2 heterocycles. The molecule has 0 spiro atoms. The summed E-state index contributed by atoms with van der Waals surface area (Å²) in [6.07, 6.45) is 3.71. The number of aromatic nitrogens is 1. The van der Waals surface area contributed by atoms with Crippen molar-refractivity contribution in [1.29, 1.82) is 0 Å². The summed E-state index contributed by atoms with van der Waals surface area (Å²) in [5.41, 5.74) is 1.79. The number of likely N-dealkylation sites (tertiary alicyclic amines) is 1. The minimum Gasteiger partial charge on any atom is -0.497 e. The van der Waals surface area contributed by atoms with E-state index in [-0.39, 0.29) is 11.9 Å². The molecular formula is C18H21N3O2. The SMILES string of the molecule is COc1ccc(NC(=O)[C@H]2CCCN2Cc2ccccn2)cc1. The molecule has 1 aliphatic heterocycles. The first-order valence-corrected chi connectivity index (χ1v) is 7.85. The third-order valence-electron chi connectivity index (χ3n) is 4.12. The van der Waals surface area contributed by atoms with E-state index in [1.165, 1.54) is 0 Å². The molecule has 1 saturated heterocycles. The number of rotatable bonds is 5. The molecule has 5 nitrogen and oxygen atoms in total. The van der Waals surface area contributed by atoms with Crippen molar-refractivity contribution in [1.82, 2.24) is 9.88 Å².